The van der Waals surface area contributed by atoms with Gasteiger partial charge in [-0.05, 0) is 25.0 Å². The molecule has 0 unspecified atom stereocenters. The summed E-state index contributed by atoms with van der Waals surface area (Å²) in [5, 5.41) is 11.3. The molecule has 0 heterocycles. The predicted molar refractivity (Wildman–Crippen MR) is 52.6 cm³/mol. The first-order valence-corrected chi connectivity index (χ1v) is 5.26. The second-order valence-corrected chi connectivity index (χ2v) is 3.28. The van der Waals surface area contributed by atoms with E-state index < -0.39 is 5.97 Å². The molecule has 0 saturated carbocycles. The first-order valence-electron chi connectivity index (χ1n) is 3.86. The van der Waals surface area contributed by atoms with Crippen molar-refractivity contribution in [3.8, 4) is 0 Å². The summed E-state index contributed by atoms with van der Waals surface area (Å²) in [6.45, 7) is 1.59. The number of thioether (sulfide) groups is 1. The molecule has 0 aliphatic heterocycles. The molecule has 0 aromatic carbocycles. The Morgan fingerprint density at radius 3 is 3.00 bits per heavy atom. The van der Waals surface area contributed by atoms with Gasteiger partial charge in [0.1, 0.15) is 0 Å². The number of hydrogen-bond donors (Lipinski definition) is 2. The number of carboxylic acids is 1. The van der Waals surface area contributed by atoms with Crippen LogP contribution < -0.4 is 5.32 Å². The van der Waals surface area contributed by atoms with Crippen LogP contribution in [0.4, 0.5) is 0 Å². The third kappa shape index (κ3) is 9.52. The number of nitrogens with one attached hydrogen (secondary N) is 1. The molecule has 0 spiro atoms. The Kier molecular flexibility index (Phi) is 8.27. The normalized spacial score (nSPS) is 10.8. The minimum absolute atomic E-state index is 0.640. The SMILES string of the molecule is CSCCCNC/C=C/C(=O)O. The van der Waals surface area contributed by atoms with Crippen LogP contribution in [0, 0.1) is 0 Å². The monoisotopic (exact) mass is 189 g/mol. The Morgan fingerprint density at radius 2 is 2.42 bits per heavy atom. The largest absolute Gasteiger partial charge is 0.478 e. The number of hydrogen-bond acceptors (Lipinski definition) is 3. The maximum Gasteiger partial charge on any atom is 0.328 e. The van der Waals surface area contributed by atoms with Gasteiger partial charge < -0.3 is 10.4 Å². The summed E-state index contributed by atoms with van der Waals surface area (Å²) in [5.41, 5.74) is 0. The molecular formula is C8H15NO2S. The Morgan fingerprint density at radius 1 is 1.67 bits per heavy atom. The summed E-state index contributed by atoms with van der Waals surface area (Å²) in [6.07, 6.45) is 5.97. The highest BCUT2D eigenvalue weighted by molar-refractivity contribution is 7.98. The van der Waals surface area contributed by atoms with Gasteiger partial charge >= 0.3 is 5.97 Å². The lowest BCUT2D eigenvalue weighted by atomic mass is 10.4. The van der Waals surface area contributed by atoms with E-state index in [1.165, 1.54) is 0 Å². The Bertz CT molecular complexity index is 148. The Hall–Kier alpha value is -0.480. The van der Waals surface area contributed by atoms with Crippen molar-refractivity contribution in [2.75, 3.05) is 25.1 Å². The van der Waals surface area contributed by atoms with Crippen molar-refractivity contribution in [1.29, 1.82) is 0 Å². The van der Waals surface area contributed by atoms with E-state index in [0.717, 1.165) is 24.8 Å². The fourth-order valence-corrected chi connectivity index (χ4v) is 1.12. The van der Waals surface area contributed by atoms with Crippen LogP contribution >= 0.6 is 11.8 Å². The van der Waals surface area contributed by atoms with E-state index in [-0.39, 0.29) is 0 Å². The molecular weight excluding hydrogens is 174 g/mol. The van der Waals surface area contributed by atoms with Gasteiger partial charge in [-0.3, -0.25) is 0 Å². The average molecular weight is 189 g/mol. The second kappa shape index (κ2) is 8.62. The standard InChI is InChI=1S/C8H15NO2S/c1-12-7-3-6-9-5-2-4-8(10)11/h2,4,9H,3,5-7H2,1H3,(H,10,11)/b4-2+. The third-order valence-corrected chi connectivity index (χ3v) is 1.92. The topological polar surface area (TPSA) is 49.3 Å². The van der Waals surface area contributed by atoms with Crippen molar-refractivity contribution in [3.05, 3.63) is 12.2 Å². The molecule has 0 radical (unpaired) electrons. The second-order valence-electron chi connectivity index (χ2n) is 2.29. The van der Waals surface area contributed by atoms with Crippen LogP contribution in [0.25, 0.3) is 0 Å². The quantitative estimate of drug-likeness (QED) is 0.463. The van der Waals surface area contributed by atoms with Crippen molar-refractivity contribution in [2.24, 2.45) is 0 Å². The lowest BCUT2D eigenvalue weighted by Crippen LogP contribution is -2.15. The molecule has 0 aliphatic rings. The van der Waals surface area contributed by atoms with E-state index in [4.69, 9.17) is 5.11 Å². The molecule has 0 aliphatic carbocycles. The lowest BCUT2D eigenvalue weighted by Gasteiger charge is -1.98. The first kappa shape index (κ1) is 11.5. The van der Waals surface area contributed by atoms with Crippen molar-refractivity contribution >= 4 is 17.7 Å². The van der Waals surface area contributed by atoms with Crippen molar-refractivity contribution in [3.63, 3.8) is 0 Å². The molecule has 0 atom stereocenters. The summed E-state index contributed by atoms with van der Waals surface area (Å²) >= 11 is 1.82. The first-order chi connectivity index (χ1) is 5.77. The molecule has 0 rings (SSSR count). The lowest BCUT2D eigenvalue weighted by molar-refractivity contribution is -0.131. The molecule has 0 amide bonds. The van der Waals surface area contributed by atoms with Gasteiger partial charge in [-0.2, -0.15) is 11.8 Å². The number of carbonyl (C=O) groups is 1. The van der Waals surface area contributed by atoms with Gasteiger partial charge in [0.15, 0.2) is 0 Å². The molecule has 0 saturated heterocycles. The molecule has 2 N–H and O–H groups in total. The van der Waals surface area contributed by atoms with E-state index in [9.17, 15) is 4.79 Å². The van der Waals surface area contributed by atoms with Gasteiger partial charge in [0.25, 0.3) is 0 Å². The van der Waals surface area contributed by atoms with Gasteiger partial charge in [0, 0.05) is 12.6 Å². The number of rotatable bonds is 7. The summed E-state index contributed by atoms with van der Waals surface area (Å²) < 4.78 is 0. The van der Waals surface area contributed by atoms with Gasteiger partial charge in [0.2, 0.25) is 0 Å². The van der Waals surface area contributed by atoms with Gasteiger partial charge in [0.05, 0.1) is 0 Å². The highest BCUT2D eigenvalue weighted by Gasteiger charge is 1.86. The molecule has 0 bridgehead atoms. The van der Waals surface area contributed by atoms with Crippen molar-refractivity contribution in [2.45, 2.75) is 6.42 Å². The van der Waals surface area contributed by atoms with E-state index in [2.05, 4.69) is 11.6 Å². The molecule has 0 fully saturated rings. The fraction of sp³-hybridized carbons (Fsp3) is 0.625. The van der Waals surface area contributed by atoms with Crippen LogP contribution in [0.15, 0.2) is 12.2 Å². The number of aliphatic carboxylic acids is 1. The Labute approximate surface area is 77.2 Å². The third-order valence-electron chi connectivity index (χ3n) is 1.22. The molecule has 0 aromatic rings. The van der Waals surface area contributed by atoms with Crippen LogP contribution in [-0.2, 0) is 4.79 Å². The number of carboxylic acid groups (broad SMARTS) is 1. The van der Waals surface area contributed by atoms with E-state index >= 15 is 0 Å². The van der Waals surface area contributed by atoms with Gasteiger partial charge in [-0.15, -0.1) is 0 Å². The summed E-state index contributed by atoms with van der Waals surface area (Å²) in [5.74, 6) is 0.260. The smallest absolute Gasteiger partial charge is 0.328 e. The molecule has 3 nitrogen and oxygen atoms in total. The summed E-state index contributed by atoms with van der Waals surface area (Å²) in [7, 11) is 0. The van der Waals surface area contributed by atoms with Crippen molar-refractivity contribution in [1.82, 2.24) is 5.32 Å². The van der Waals surface area contributed by atoms with Gasteiger partial charge in [-0.1, -0.05) is 6.08 Å². The highest BCUT2D eigenvalue weighted by atomic mass is 32.2. The molecule has 70 valence electrons. The maximum atomic E-state index is 10.0. The minimum atomic E-state index is -0.888. The minimum Gasteiger partial charge on any atom is -0.478 e. The summed E-state index contributed by atoms with van der Waals surface area (Å²) in [4.78, 5) is 10.0. The highest BCUT2D eigenvalue weighted by Crippen LogP contribution is 1.92. The summed E-state index contributed by atoms with van der Waals surface area (Å²) in [6, 6.07) is 0. The zero-order chi connectivity index (χ0) is 9.23. The van der Waals surface area contributed by atoms with Crippen LogP contribution in [0.3, 0.4) is 0 Å². The Balaban J connectivity index is 3.05. The predicted octanol–water partition coefficient (Wildman–Crippen LogP) is 0.970. The van der Waals surface area contributed by atoms with Gasteiger partial charge in [-0.25, -0.2) is 4.79 Å². The van der Waals surface area contributed by atoms with Crippen LogP contribution in [0.1, 0.15) is 6.42 Å². The molecule has 4 heteroatoms. The van der Waals surface area contributed by atoms with Crippen LogP contribution in [0.5, 0.6) is 0 Å². The van der Waals surface area contributed by atoms with Crippen molar-refractivity contribution < 1.29 is 9.90 Å². The average Bonchev–Trinajstić information content (AvgIpc) is 2.02. The van der Waals surface area contributed by atoms with Crippen LogP contribution in [-0.4, -0.2) is 36.2 Å². The zero-order valence-corrected chi connectivity index (χ0v) is 8.06. The molecule has 0 aromatic heterocycles. The maximum absolute atomic E-state index is 10.0. The van der Waals surface area contributed by atoms with E-state index in [1.807, 2.05) is 11.8 Å². The van der Waals surface area contributed by atoms with Crippen LogP contribution in [0.2, 0.25) is 0 Å². The van der Waals surface area contributed by atoms with E-state index in [0.29, 0.717) is 6.54 Å². The van der Waals surface area contributed by atoms with E-state index in [1.54, 1.807) is 6.08 Å². The molecule has 12 heavy (non-hydrogen) atoms. The fourth-order valence-electron chi connectivity index (χ4n) is 0.687. The zero-order valence-electron chi connectivity index (χ0n) is 7.25.